The predicted molar refractivity (Wildman–Crippen MR) is 74.0 cm³/mol. The number of carboxylic acids is 1. The molecule has 1 amide bonds. The van der Waals surface area contributed by atoms with Gasteiger partial charge in [0.05, 0.1) is 0 Å². The number of rotatable bonds is 4. The molecule has 0 saturated heterocycles. The molecule has 104 valence electrons. The largest absolute Gasteiger partial charge is 0.480 e. The zero-order chi connectivity index (χ0) is 14.7. The fourth-order valence-electron chi connectivity index (χ4n) is 1.64. The van der Waals surface area contributed by atoms with Gasteiger partial charge in [0, 0.05) is 16.9 Å². The second-order valence-electron chi connectivity index (χ2n) is 4.16. The summed E-state index contributed by atoms with van der Waals surface area (Å²) in [4.78, 5) is 22.5. The molecule has 7 heteroatoms. The highest BCUT2D eigenvalue weighted by molar-refractivity contribution is 6.31. The first-order chi connectivity index (χ1) is 9.47. The summed E-state index contributed by atoms with van der Waals surface area (Å²) in [5, 5.41) is 15.8. The quantitative estimate of drug-likeness (QED) is 0.905. The number of carbonyl (C=O) groups excluding carboxylic acids is 1. The SMILES string of the molecule is Cc1c(Cl)cccc1NC(=O)c1ccn(CC(=O)O)n1. The standard InChI is InChI=1S/C13H12ClN3O3/c1-8-9(14)3-2-4-10(8)15-13(20)11-5-6-17(16-11)7-12(18)19/h2-6H,7H2,1H3,(H,15,20)(H,18,19). The van der Waals surface area contributed by atoms with E-state index in [-0.39, 0.29) is 12.2 Å². The summed E-state index contributed by atoms with van der Waals surface area (Å²) in [7, 11) is 0. The van der Waals surface area contributed by atoms with Gasteiger partial charge >= 0.3 is 5.97 Å². The molecule has 0 bridgehead atoms. The maximum atomic E-state index is 12.0. The molecule has 0 atom stereocenters. The van der Waals surface area contributed by atoms with Gasteiger partial charge in [-0.1, -0.05) is 17.7 Å². The van der Waals surface area contributed by atoms with Crippen LogP contribution in [-0.2, 0) is 11.3 Å². The van der Waals surface area contributed by atoms with Gasteiger partial charge in [0.25, 0.3) is 5.91 Å². The first-order valence-electron chi connectivity index (χ1n) is 5.79. The maximum Gasteiger partial charge on any atom is 0.325 e. The van der Waals surface area contributed by atoms with Crippen LogP contribution in [0, 0.1) is 6.92 Å². The molecule has 0 saturated carbocycles. The highest BCUT2D eigenvalue weighted by atomic mass is 35.5. The number of amides is 1. The minimum absolute atomic E-state index is 0.144. The van der Waals surface area contributed by atoms with Crippen molar-refractivity contribution in [3.8, 4) is 0 Å². The molecule has 6 nitrogen and oxygen atoms in total. The fraction of sp³-hybridized carbons (Fsp3) is 0.154. The molecule has 2 N–H and O–H groups in total. The van der Waals surface area contributed by atoms with E-state index in [4.69, 9.17) is 16.7 Å². The van der Waals surface area contributed by atoms with E-state index in [1.54, 1.807) is 25.1 Å². The number of carboxylic acid groups (broad SMARTS) is 1. The van der Waals surface area contributed by atoms with E-state index in [2.05, 4.69) is 10.4 Å². The summed E-state index contributed by atoms with van der Waals surface area (Å²) in [5.41, 5.74) is 1.49. The molecule has 2 aromatic rings. The van der Waals surface area contributed by atoms with Crippen molar-refractivity contribution < 1.29 is 14.7 Å². The van der Waals surface area contributed by atoms with Crippen molar-refractivity contribution in [1.82, 2.24) is 9.78 Å². The molecule has 1 heterocycles. The zero-order valence-electron chi connectivity index (χ0n) is 10.6. The second-order valence-corrected chi connectivity index (χ2v) is 4.57. The van der Waals surface area contributed by atoms with Crippen LogP contribution < -0.4 is 5.32 Å². The predicted octanol–water partition coefficient (Wildman–Crippen LogP) is 2.18. The topological polar surface area (TPSA) is 84.2 Å². The van der Waals surface area contributed by atoms with Crippen molar-refractivity contribution in [3.63, 3.8) is 0 Å². The Hall–Kier alpha value is -2.34. The number of halogens is 1. The Balaban J connectivity index is 2.14. The van der Waals surface area contributed by atoms with Gasteiger partial charge in [-0.2, -0.15) is 5.10 Å². The third kappa shape index (κ3) is 3.16. The van der Waals surface area contributed by atoms with Gasteiger partial charge in [-0.15, -0.1) is 0 Å². The third-order valence-electron chi connectivity index (χ3n) is 2.69. The van der Waals surface area contributed by atoms with Crippen molar-refractivity contribution >= 4 is 29.2 Å². The number of carbonyl (C=O) groups is 2. The minimum atomic E-state index is -1.02. The molecule has 0 spiro atoms. The summed E-state index contributed by atoms with van der Waals surface area (Å²) < 4.78 is 1.18. The number of hydrogen-bond donors (Lipinski definition) is 2. The van der Waals surface area contributed by atoms with Crippen LogP contribution >= 0.6 is 11.6 Å². The third-order valence-corrected chi connectivity index (χ3v) is 3.10. The average Bonchev–Trinajstić information content (AvgIpc) is 2.82. The van der Waals surface area contributed by atoms with Gasteiger partial charge in [0.15, 0.2) is 5.69 Å². The van der Waals surface area contributed by atoms with E-state index in [9.17, 15) is 9.59 Å². The first-order valence-corrected chi connectivity index (χ1v) is 6.17. The molecule has 0 aliphatic carbocycles. The summed E-state index contributed by atoms with van der Waals surface area (Å²) in [6.07, 6.45) is 1.44. The normalized spacial score (nSPS) is 10.3. The summed E-state index contributed by atoms with van der Waals surface area (Å²) in [5.74, 6) is -1.44. The lowest BCUT2D eigenvalue weighted by molar-refractivity contribution is -0.137. The van der Waals surface area contributed by atoms with Crippen molar-refractivity contribution in [2.45, 2.75) is 13.5 Å². The van der Waals surface area contributed by atoms with Crippen LogP contribution in [-0.4, -0.2) is 26.8 Å². The molecule has 1 aromatic carbocycles. The Morgan fingerprint density at radius 2 is 2.15 bits per heavy atom. The first kappa shape index (κ1) is 14.1. The van der Waals surface area contributed by atoms with Gasteiger partial charge < -0.3 is 10.4 Å². The van der Waals surface area contributed by atoms with E-state index in [1.165, 1.54) is 16.9 Å². The molecule has 0 radical (unpaired) electrons. The highest BCUT2D eigenvalue weighted by Crippen LogP contribution is 2.23. The van der Waals surface area contributed by atoms with Crippen molar-refractivity contribution in [3.05, 3.63) is 46.7 Å². The van der Waals surface area contributed by atoms with Gasteiger partial charge in [0.2, 0.25) is 0 Å². The van der Waals surface area contributed by atoms with Gasteiger partial charge in [-0.3, -0.25) is 14.3 Å². The van der Waals surface area contributed by atoms with Crippen LogP contribution in [0.3, 0.4) is 0 Å². The number of benzene rings is 1. The molecule has 0 unspecified atom stereocenters. The maximum absolute atomic E-state index is 12.0. The van der Waals surface area contributed by atoms with Crippen LogP contribution in [0.5, 0.6) is 0 Å². The number of nitrogens with zero attached hydrogens (tertiary/aromatic N) is 2. The van der Waals surface area contributed by atoms with Gasteiger partial charge in [-0.05, 0) is 30.7 Å². The van der Waals surface area contributed by atoms with Crippen LogP contribution in [0.1, 0.15) is 16.1 Å². The lowest BCUT2D eigenvalue weighted by atomic mass is 10.2. The van der Waals surface area contributed by atoms with Gasteiger partial charge in [0.1, 0.15) is 6.54 Å². The molecule has 1 aromatic heterocycles. The Bertz CT molecular complexity index is 667. The number of anilines is 1. The summed E-state index contributed by atoms with van der Waals surface area (Å²) in [6.45, 7) is 1.50. The van der Waals surface area contributed by atoms with Crippen LogP contribution in [0.15, 0.2) is 30.5 Å². The molecule has 0 fully saturated rings. The number of aliphatic carboxylic acids is 1. The summed E-state index contributed by atoms with van der Waals surface area (Å²) >= 11 is 5.97. The van der Waals surface area contributed by atoms with E-state index < -0.39 is 11.9 Å². The fourth-order valence-corrected chi connectivity index (χ4v) is 1.81. The highest BCUT2D eigenvalue weighted by Gasteiger charge is 2.12. The number of nitrogens with one attached hydrogen (secondary N) is 1. The Labute approximate surface area is 120 Å². The van der Waals surface area contributed by atoms with Crippen molar-refractivity contribution in [2.75, 3.05) is 5.32 Å². The van der Waals surface area contributed by atoms with Gasteiger partial charge in [-0.25, -0.2) is 0 Å². The van der Waals surface area contributed by atoms with Crippen molar-refractivity contribution in [1.29, 1.82) is 0 Å². The smallest absolute Gasteiger partial charge is 0.325 e. The Morgan fingerprint density at radius 1 is 1.40 bits per heavy atom. The van der Waals surface area contributed by atoms with E-state index in [0.29, 0.717) is 10.7 Å². The Morgan fingerprint density at radius 3 is 2.85 bits per heavy atom. The molecular formula is C13H12ClN3O3. The monoisotopic (exact) mass is 293 g/mol. The molecular weight excluding hydrogens is 282 g/mol. The minimum Gasteiger partial charge on any atom is -0.480 e. The van der Waals surface area contributed by atoms with E-state index >= 15 is 0 Å². The van der Waals surface area contributed by atoms with E-state index in [1.807, 2.05) is 0 Å². The van der Waals surface area contributed by atoms with Crippen LogP contribution in [0.25, 0.3) is 0 Å². The summed E-state index contributed by atoms with van der Waals surface area (Å²) in [6, 6.07) is 6.65. The Kier molecular flexibility index (Phi) is 4.05. The lowest BCUT2D eigenvalue weighted by Gasteiger charge is -2.08. The number of hydrogen-bond acceptors (Lipinski definition) is 3. The van der Waals surface area contributed by atoms with Crippen molar-refractivity contribution in [2.24, 2.45) is 0 Å². The van der Waals surface area contributed by atoms with Crippen LogP contribution in [0.2, 0.25) is 5.02 Å². The molecule has 20 heavy (non-hydrogen) atoms. The molecule has 0 aliphatic rings. The second kappa shape index (κ2) is 5.75. The number of aromatic nitrogens is 2. The average molecular weight is 294 g/mol. The molecule has 0 aliphatic heterocycles. The molecule has 2 rings (SSSR count). The zero-order valence-corrected chi connectivity index (χ0v) is 11.4. The van der Waals surface area contributed by atoms with E-state index in [0.717, 1.165) is 5.56 Å². The van der Waals surface area contributed by atoms with Crippen LogP contribution in [0.4, 0.5) is 5.69 Å². The lowest BCUT2D eigenvalue weighted by Crippen LogP contribution is -2.15.